The van der Waals surface area contributed by atoms with Gasteiger partial charge in [0.05, 0.1) is 6.42 Å². The third-order valence-corrected chi connectivity index (χ3v) is 1.26. The lowest BCUT2D eigenvalue weighted by atomic mass is 9.89. The second-order valence-electron chi connectivity index (χ2n) is 4.07. The summed E-state index contributed by atoms with van der Waals surface area (Å²) >= 11 is 4.60. The van der Waals surface area contributed by atoms with Crippen LogP contribution in [0.2, 0.25) is 0 Å². The molecule has 0 aromatic heterocycles. The largest absolute Gasteiger partial charge is 0.328 e. The molecule has 0 saturated heterocycles. The van der Waals surface area contributed by atoms with Crippen molar-refractivity contribution in [2.75, 3.05) is 0 Å². The maximum absolute atomic E-state index is 12.1. The van der Waals surface area contributed by atoms with Crippen molar-refractivity contribution in [1.29, 1.82) is 0 Å². The van der Waals surface area contributed by atoms with E-state index < -0.39 is 17.6 Å². The fraction of sp³-hybridized carbons (Fsp3) is 0.875. The van der Waals surface area contributed by atoms with Crippen LogP contribution in [0, 0.1) is 5.41 Å². The summed E-state index contributed by atoms with van der Waals surface area (Å²) in [5.41, 5.74) is -0.251. The van der Waals surface area contributed by atoms with Gasteiger partial charge in [-0.1, -0.05) is 20.8 Å². The first-order valence-electron chi connectivity index (χ1n) is 3.69. The van der Waals surface area contributed by atoms with E-state index in [9.17, 15) is 13.6 Å². The van der Waals surface area contributed by atoms with Crippen molar-refractivity contribution >= 4 is 17.4 Å². The average Bonchev–Trinajstić information content (AvgIpc) is 1.49. The molecule has 1 nitrogen and oxygen atoms in total. The summed E-state index contributed by atoms with van der Waals surface area (Å²) in [7, 11) is 0. The number of ketones is 1. The first kappa shape index (κ1) is 11.8. The van der Waals surface area contributed by atoms with Crippen molar-refractivity contribution in [3.05, 3.63) is 0 Å². The molecule has 0 aromatic rings. The number of halogens is 3. The van der Waals surface area contributed by atoms with Crippen LogP contribution in [-0.2, 0) is 4.79 Å². The maximum Gasteiger partial charge on any atom is 0.328 e. The summed E-state index contributed by atoms with van der Waals surface area (Å²) in [6, 6.07) is 0. The lowest BCUT2D eigenvalue weighted by Gasteiger charge is -2.17. The molecule has 0 aliphatic heterocycles. The third-order valence-electron chi connectivity index (χ3n) is 1.13. The van der Waals surface area contributed by atoms with Gasteiger partial charge in [-0.15, -0.1) is 0 Å². The molecule has 0 aromatic carbocycles. The Morgan fingerprint density at radius 2 is 1.67 bits per heavy atom. The quantitative estimate of drug-likeness (QED) is 0.637. The summed E-state index contributed by atoms with van der Waals surface area (Å²) in [6.07, 6.45) is -0.735. The van der Waals surface area contributed by atoms with E-state index >= 15 is 0 Å². The van der Waals surface area contributed by atoms with Crippen LogP contribution >= 0.6 is 11.6 Å². The molecule has 0 aliphatic carbocycles. The van der Waals surface area contributed by atoms with E-state index in [2.05, 4.69) is 11.6 Å². The minimum Gasteiger partial charge on any atom is -0.299 e. The summed E-state index contributed by atoms with van der Waals surface area (Å²) < 4.78 is 24.2. The Labute approximate surface area is 76.1 Å². The van der Waals surface area contributed by atoms with Crippen LogP contribution in [-0.4, -0.2) is 11.2 Å². The highest BCUT2D eigenvalue weighted by Crippen LogP contribution is 2.27. The third kappa shape index (κ3) is 7.92. The highest BCUT2D eigenvalue weighted by Gasteiger charge is 2.30. The second-order valence-corrected chi connectivity index (χ2v) is 4.62. The van der Waals surface area contributed by atoms with Crippen LogP contribution in [0.15, 0.2) is 0 Å². The number of carbonyl (C=O) groups is 1. The van der Waals surface area contributed by atoms with Crippen LogP contribution in [0.3, 0.4) is 0 Å². The van der Waals surface area contributed by atoms with Gasteiger partial charge >= 0.3 is 5.38 Å². The van der Waals surface area contributed by atoms with Gasteiger partial charge in [0.1, 0.15) is 5.78 Å². The first-order valence-corrected chi connectivity index (χ1v) is 4.06. The Morgan fingerprint density at radius 3 is 1.92 bits per heavy atom. The van der Waals surface area contributed by atoms with E-state index in [-0.39, 0.29) is 11.8 Å². The summed E-state index contributed by atoms with van der Waals surface area (Å²) in [4.78, 5) is 10.9. The molecule has 12 heavy (non-hydrogen) atoms. The molecule has 0 aliphatic rings. The van der Waals surface area contributed by atoms with E-state index in [1.54, 1.807) is 0 Å². The predicted molar refractivity (Wildman–Crippen MR) is 44.5 cm³/mol. The zero-order valence-electron chi connectivity index (χ0n) is 7.46. The second kappa shape index (κ2) is 3.69. The molecular weight excluding hydrogens is 186 g/mol. The lowest BCUT2D eigenvalue weighted by Crippen LogP contribution is -2.19. The van der Waals surface area contributed by atoms with Gasteiger partial charge in [0, 0.05) is 6.42 Å². The number of hydrogen-bond acceptors (Lipinski definition) is 1. The van der Waals surface area contributed by atoms with Gasteiger partial charge in [0.2, 0.25) is 0 Å². The monoisotopic (exact) mass is 198 g/mol. The van der Waals surface area contributed by atoms with Crippen LogP contribution in [0.5, 0.6) is 0 Å². The van der Waals surface area contributed by atoms with Crippen molar-refractivity contribution in [3.63, 3.8) is 0 Å². The zero-order valence-corrected chi connectivity index (χ0v) is 8.21. The van der Waals surface area contributed by atoms with Crippen molar-refractivity contribution in [2.45, 2.75) is 39.0 Å². The topological polar surface area (TPSA) is 17.1 Å². The van der Waals surface area contributed by atoms with Gasteiger partial charge in [-0.3, -0.25) is 4.79 Å². The number of Topliss-reactive ketones (excluding diaryl/α,β-unsaturated/α-hetero) is 1. The molecule has 0 fully saturated rings. The predicted octanol–water partition coefficient (Wildman–Crippen LogP) is 3.21. The maximum atomic E-state index is 12.1. The number of rotatable bonds is 3. The Hall–Kier alpha value is -0.180. The number of carbonyl (C=O) groups excluding carboxylic acids is 1. The van der Waals surface area contributed by atoms with E-state index in [4.69, 9.17) is 0 Å². The minimum atomic E-state index is -3.39. The van der Waals surface area contributed by atoms with Crippen molar-refractivity contribution in [1.82, 2.24) is 0 Å². The van der Waals surface area contributed by atoms with Gasteiger partial charge in [-0.05, 0) is 17.0 Å². The van der Waals surface area contributed by atoms with E-state index in [1.165, 1.54) is 0 Å². The molecule has 0 amide bonds. The average molecular weight is 199 g/mol. The molecular formula is C8H13ClF2O. The first-order chi connectivity index (χ1) is 5.10. The molecule has 72 valence electrons. The smallest absolute Gasteiger partial charge is 0.299 e. The highest BCUT2D eigenvalue weighted by molar-refractivity contribution is 6.22. The minimum absolute atomic E-state index is 0.134. The van der Waals surface area contributed by atoms with E-state index in [0.717, 1.165) is 0 Å². The Bertz CT molecular complexity index is 149. The standard InChI is InChI=1S/C8H13ClF2O/c1-7(2,3)4-6(12)5-8(9,10)11/h4-5H2,1-3H3. The fourth-order valence-electron chi connectivity index (χ4n) is 0.878. The van der Waals surface area contributed by atoms with Gasteiger partial charge in [0.15, 0.2) is 0 Å². The van der Waals surface area contributed by atoms with Crippen LogP contribution in [0.4, 0.5) is 8.78 Å². The SMILES string of the molecule is CC(C)(C)CC(=O)CC(F)(F)Cl. The molecule has 0 heterocycles. The molecule has 0 bridgehead atoms. The van der Waals surface area contributed by atoms with E-state index in [0.29, 0.717) is 0 Å². The Morgan fingerprint density at radius 1 is 1.25 bits per heavy atom. The zero-order chi connectivity index (χ0) is 9.99. The van der Waals surface area contributed by atoms with Crippen LogP contribution in [0.1, 0.15) is 33.6 Å². The molecule has 0 rings (SSSR count). The number of hydrogen-bond donors (Lipinski definition) is 0. The molecule has 0 saturated carbocycles. The summed E-state index contributed by atoms with van der Waals surface area (Å²) in [5.74, 6) is -0.498. The molecule has 4 heteroatoms. The molecule has 0 N–H and O–H groups in total. The summed E-state index contributed by atoms with van der Waals surface area (Å²) in [5, 5.41) is -3.39. The summed E-state index contributed by atoms with van der Waals surface area (Å²) in [6.45, 7) is 5.45. The van der Waals surface area contributed by atoms with E-state index in [1.807, 2.05) is 20.8 Å². The highest BCUT2D eigenvalue weighted by atomic mass is 35.5. The van der Waals surface area contributed by atoms with Crippen molar-refractivity contribution < 1.29 is 13.6 Å². The Kier molecular flexibility index (Phi) is 3.63. The van der Waals surface area contributed by atoms with Crippen LogP contribution < -0.4 is 0 Å². The van der Waals surface area contributed by atoms with Gasteiger partial charge in [0.25, 0.3) is 0 Å². The fourth-order valence-corrected chi connectivity index (χ4v) is 1.03. The van der Waals surface area contributed by atoms with Gasteiger partial charge in [-0.2, -0.15) is 8.78 Å². The lowest BCUT2D eigenvalue weighted by molar-refractivity contribution is -0.124. The van der Waals surface area contributed by atoms with Crippen molar-refractivity contribution in [2.24, 2.45) is 5.41 Å². The Balaban J connectivity index is 3.92. The molecule has 0 atom stereocenters. The van der Waals surface area contributed by atoms with Crippen LogP contribution in [0.25, 0.3) is 0 Å². The van der Waals surface area contributed by atoms with Crippen molar-refractivity contribution in [3.8, 4) is 0 Å². The van der Waals surface area contributed by atoms with Gasteiger partial charge in [-0.25, -0.2) is 0 Å². The molecule has 0 radical (unpaired) electrons. The van der Waals surface area contributed by atoms with Gasteiger partial charge < -0.3 is 0 Å². The molecule has 0 unspecified atom stereocenters. The molecule has 0 spiro atoms. The number of alkyl halides is 3. The normalized spacial score (nSPS) is 13.2.